The van der Waals surface area contributed by atoms with Crippen molar-refractivity contribution in [3.05, 3.63) is 59.4 Å². The molecule has 1 aliphatic rings. The number of hydrogen-bond acceptors (Lipinski definition) is 1. The van der Waals surface area contributed by atoms with Crippen LogP contribution in [0, 0.1) is 11.3 Å². The highest BCUT2D eigenvalue weighted by Gasteiger charge is 2.12. The molecule has 3 heteroatoms. The lowest BCUT2D eigenvalue weighted by Gasteiger charge is -2.24. The average molecular weight is 204 g/mol. The van der Waals surface area contributed by atoms with E-state index in [-0.39, 0.29) is 0 Å². The van der Waals surface area contributed by atoms with Crippen LogP contribution in [-0.2, 0) is 6.42 Å². The summed E-state index contributed by atoms with van der Waals surface area (Å²) in [5.74, 6) is 0. The molecule has 74 valence electrons. The minimum atomic E-state index is 0.718. The molecular formula is C13H9BN2. The fourth-order valence-electron chi connectivity index (χ4n) is 2.06. The van der Waals surface area contributed by atoms with Gasteiger partial charge in [-0.1, -0.05) is 23.8 Å². The Labute approximate surface area is 95.0 Å². The van der Waals surface area contributed by atoms with E-state index in [4.69, 9.17) is 5.26 Å². The van der Waals surface area contributed by atoms with Crippen molar-refractivity contribution in [2.45, 2.75) is 6.42 Å². The number of rotatable bonds is 0. The van der Waals surface area contributed by atoms with Crippen molar-refractivity contribution in [3.63, 3.8) is 0 Å². The molecule has 3 rings (SSSR count). The van der Waals surface area contributed by atoms with Crippen LogP contribution >= 0.6 is 0 Å². The van der Waals surface area contributed by atoms with E-state index in [1.165, 1.54) is 11.3 Å². The van der Waals surface area contributed by atoms with Gasteiger partial charge in [0, 0.05) is 18.1 Å². The zero-order chi connectivity index (χ0) is 11.0. The smallest absolute Gasteiger partial charge is 0.128 e. The molecule has 2 radical (unpaired) electrons. The van der Waals surface area contributed by atoms with E-state index >= 15 is 0 Å². The molecule has 0 saturated heterocycles. The Balaban J connectivity index is 2.09. The SMILES string of the molecule is N#Cc1ccc2c(c1)[B-][n+]1ccccc1C2. The van der Waals surface area contributed by atoms with Gasteiger partial charge in [0.2, 0.25) is 0 Å². The fourth-order valence-corrected chi connectivity index (χ4v) is 2.06. The van der Waals surface area contributed by atoms with E-state index in [0.717, 1.165) is 17.4 Å². The highest BCUT2D eigenvalue weighted by Crippen LogP contribution is 2.08. The number of nitriles is 1. The van der Waals surface area contributed by atoms with Gasteiger partial charge >= 0.3 is 0 Å². The van der Waals surface area contributed by atoms with Gasteiger partial charge in [0.05, 0.1) is 6.07 Å². The van der Waals surface area contributed by atoms with Crippen LogP contribution in [0.4, 0.5) is 0 Å². The first-order valence-electron chi connectivity index (χ1n) is 5.24. The van der Waals surface area contributed by atoms with Gasteiger partial charge in [-0.2, -0.15) is 10.7 Å². The number of hydrogen-bond donors (Lipinski definition) is 0. The number of benzene rings is 1. The normalized spacial score (nSPS) is 12.4. The maximum atomic E-state index is 8.86. The molecule has 0 atom stereocenters. The summed E-state index contributed by atoms with van der Waals surface area (Å²) < 4.78 is 2.11. The van der Waals surface area contributed by atoms with Crippen molar-refractivity contribution in [3.8, 4) is 6.07 Å². The minimum absolute atomic E-state index is 0.718. The van der Waals surface area contributed by atoms with Crippen molar-refractivity contribution >= 4 is 12.9 Å². The summed E-state index contributed by atoms with van der Waals surface area (Å²) in [5.41, 5.74) is 4.42. The van der Waals surface area contributed by atoms with Gasteiger partial charge in [-0.3, -0.25) is 0 Å². The number of fused-ring (bicyclic) bond motifs is 2. The van der Waals surface area contributed by atoms with E-state index in [0.29, 0.717) is 0 Å². The lowest BCUT2D eigenvalue weighted by Crippen LogP contribution is -2.54. The monoisotopic (exact) mass is 204 g/mol. The number of aromatic nitrogens is 1. The number of nitrogens with zero attached hydrogens (tertiary/aromatic N) is 2. The third-order valence-corrected chi connectivity index (χ3v) is 2.90. The van der Waals surface area contributed by atoms with Gasteiger partial charge in [0.25, 0.3) is 0 Å². The second kappa shape index (κ2) is 3.50. The predicted octanol–water partition coefficient (Wildman–Crippen LogP) is 0.543. The minimum Gasteiger partial charge on any atom is -0.471 e. The molecule has 0 unspecified atom stereocenters. The highest BCUT2D eigenvalue weighted by atomic mass is 14.9. The summed E-state index contributed by atoms with van der Waals surface area (Å²) in [5, 5.41) is 8.86. The molecule has 1 aliphatic heterocycles. The van der Waals surface area contributed by atoms with Gasteiger partial charge in [-0.25, -0.2) is 0 Å². The van der Waals surface area contributed by atoms with Gasteiger partial charge in [-0.15, -0.1) is 0 Å². The maximum Gasteiger partial charge on any atom is 0.128 e. The lowest BCUT2D eigenvalue weighted by atomic mass is 9.73. The predicted molar refractivity (Wildman–Crippen MR) is 61.4 cm³/mol. The second-order valence-electron chi connectivity index (χ2n) is 3.93. The summed E-state index contributed by atoms with van der Waals surface area (Å²) >= 11 is 0. The molecule has 0 aliphatic carbocycles. The molecule has 0 spiro atoms. The Bertz CT molecular complexity index is 599. The van der Waals surface area contributed by atoms with E-state index in [2.05, 4.69) is 24.0 Å². The largest absolute Gasteiger partial charge is 0.471 e. The summed E-state index contributed by atoms with van der Waals surface area (Å²) in [6, 6.07) is 14.2. The van der Waals surface area contributed by atoms with E-state index in [9.17, 15) is 0 Å². The second-order valence-corrected chi connectivity index (χ2v) is 3.93. The Hall–Kier alpha value is -2.08. The zero-order valence-corrected chi connectivity index (χ0v) is 8.72. The zero-order valence-electron chi connectivity index (χ0n) is 8.72. The molecular weight excluding hydrogens is 195 g/mol. The van der Waals surface area contributed by atoms with Crippen LogP contribution in [0.3, 0.4) is 0 Å². The van der Waals surface area contributed by atoms with Crippen molar-refractivity contribution in [1.29, 1.82) is 5.26 Å². The van der Waals surface area contributed by atoms with Crippen LogP contribution in [0.15, 0.2) is 42.6 Å². The van der Waals surface area contributed by atoms with Crippen LogP contribution in [0.1, 0.15) is 16.8 Å². The van der Waals surface area contributed by atoms with Crippen LogP contribution in [0.2, 0.25) is 0 Å². The van der Waals surface area contributed by atoms with E-state index in [1.54, 1.807) is 0 Å². The fraction of sp³-hybridized carbons (Fsp3) is 0.0769. The standard InChI is InChI=1S/C13H9BN2/c15-9-10-4-5-11-8-12-3-1-2-6-16(12)14-13(11)7-10/h1-7H,8H2. The Morgan fingerprint density at radius 3 is 3.06 bits per heavy atom. The average Bonchev–Trinajstić information content (AvgIpc) is 2.35. The van der Waals surface area contributed by atoms with Crippen molar-refractivity contribution in [1.82, 2.24) is 0 Å². The van der Waals surface area contributed by atoms with Gasteiger partial charge in [0.15, 0.2) is 0 Å². The van der Waals surface area contributed by atoms with Crippen molar-refractivity contribution in [2.24, 2.45) is 0 Å². The molecule has 0 saturated carbocycles. The quantitative estimate of drug-likeness (QED) is 0.491. The molecule has 1 aromatic carbocycles. The van der Waals surface area contributed by atoms with Gasteiger partial charge in [-0.05, 0) is 12.1 Å². The van der Waals surface area contributed by atoms with Crippen LogP contribution in [0.25, 0.3) is 0 Å². The molecule has 2 aromatic rings. The topological polar surface area (TPSA) is 27.7 Å². The first-order chi connectivity index (χ1) is 7.86. The summed E-state index contributed by atoms with van der Waals surface area (Å²) in [7, 11) is 2.08. The Morgan fingerprint density at radius 1 is 1.25 bits per heavy atom. The highest BCUT2D eigenvalue weighted by molar-refractivity contribution is 6.46. The third kappa shape index (κ3) is 1.40. The molecule has 0 N–H and O–H groups in total. The first kappa shape index (κ1) is 9.17. The van der Waals surface area contributed by atoms with Gasteiger partial charge in [0.1, 0.15) is 19.3 Å². The lowest BCUT2D eigenvalue weighted by molar-refractivity contribution is -0.537. The van der Waals surface area contributed by atoms with Crippen molar-refractivity contribution in [2.75, 3.05) is 0 Å². The van der Waals surface area contributed by atoms with E-state index < -0.39 is 0 Å². The van der Waals surface area contributed by atoms with E-state index in [1.807, 2.05) is 36.5 Å². The van der Waals surface area contributed by atoms with Crippen LogP contribution in [-0.4, -0.2) is 7.41 Å². The first-order valence-corrected chi connectivity index (χ1v) is 5.24. The molecule has 0 amide bonds. The van der Waals surface area contributed by atoms with Crippen LogP contribution < -0.4 is 9.94 Å². The third-order valence-electron chi connectivity index (χ3n) is 2.90. The maximum absolute atomic E-state index is 8.86. The molecule has 16 heavy (non-hydrogen) atoms. The molecule has 2 heterocycles. The number of pyridine rings is 1. The Morgan fingerprint density at radius 2 is 2.19 bits per heavy atom. The summed E-state index contributed by atoms with van der Waals surface area (Å²) in [4.78, 5) is 0. The molecule has 1 aromatic heterocycles. The summed E-state index contributed by atoms with van der Waals surface area (Å²) in [6.07, 6.45) is 2.97. The van der Waals surface area contributed by atoms with Gasteiger partial charge < -0.3 is 4.48 Å². The molecule has 0 bridgehead atoms. The molecule has 0 fully saturated rings. The molecule has 2 nitrogen and oxygen atoms in total. The van der Waals surface area contributed by atoms with Crippen LogP contribution in [0.5, 0.6) is 0 Å². The van der Waals surface area contributed by atoms with Crippen molar-refractivity contribution < 1.29 is 4.48 Å². The summed E-state index contributed by atoms with van der Waals surface area (Å²) in [6.45, 7) is 0. The Kier molecular flexibility index (Phi) is 2.00.